The van der Waals surface area contributed by atoms with Crippen LogP contribution in [0.25, 0.3) is 0 Å². The number of urea groups is 1. The highest BCUT2D eigenvalue weighted by Gasteiger charge is 2.47. The van der Waals surface area contributed by atoms with Crippen molar-refractivity contribution < 1.29 is 39.6 Å². The van der Waals surface area contributed by atoms with Crippen molar-refractivity contribution in [3.63, 3.8) is 0 Å². The van der Waals surface area contributed by atoms with Crippen LogP contribution in [0.15, 0.2) is 78.0 Å². The molecule has 0 radical (unpaired) electrons. The zero-order valence-corrected chi connectivity index (χ0v) is 22.2. The zero-order valence-electron chi connectivity index (χ0n) is 20.6. The lowest BCUT2D eigenvalue weighted by atomic mass is 9.93. The Morgan fingerprint density at radius 1 is 1.00 bits per heavy atom. The molecule has 3 amide bonds. The summed E-state index contributed by atoms with van der Waals surface area (Å²) >= 11 is 0. The van der Waals surface area contributed by atoms with Crippen molar-refractivity contribution >= 4 is 43.4 Å². The van der Waals surface area contributed by atoms with Crippen molar-refractivity contribution in [3.8, 4) is 0 Å². The van der Waals surface area contributed by atoms with Crippen LogP contribution >= 0.6 is 0 Å². The number of carbonyl (C=O) groups excluding carboxylic acids is 2. The fourth-order valence-corrected chi connectivity index (χ4v) is 5.66. The second kappa shape index (κ2) is 10.9. The van der Waals surface area contributed by atoms with E-state index in [2.05, 4.69) is 19.7 Å². The Morgan fingerprint density at radius 3 is 2.27 bits per heavy atom. The molecule has 16 heteroatoms. The number of imide groups is 1. The zero-order chi connectivity index (χ0) is 29.3. The fourth-order valence-electron chi connectivity index (χ4n) is 4.01. The van der Waals surface area contributed by atoms with Gasteiger partial charge in [0.2, 0.25) is 0 Å². The average molecular weight is 598 g/mol. The quantitative estimate of drug-likeness (QED) is 0.320. The molecule has 2 heterocycles. The number of nitrogens with one attached hydrogen (secondary N) is 3. The Balaban J connectivity index is 1.52. The van der Waals surface area contributed by atoms with E-state index in [1.54, 1.807) is 37.3 Å². The second-order valence-corrected chi connectivity index (χ2v) is 12.1. The molecule has 3 aromatic rings. The van der Waals surface area contributed by atoms with Gasteiger partial charge in [-0.15, -0.1) is 0 Å². The van der Waals surface area contributed by atoms with Crippen molar-refractivity contribution in [2.24, 2.45) is 0 Å². The molecular formula is C24H22F3N5O6S2. The first-order chi connectivity index (χ1) is 18.7. The van der Waals surface area contributed by atoms with Gasteiger partial charge in [0, 0.05) is 18.7 Å². The van der Waals surface area contributed by atoms with Crippen molar-refractivity contribution in [3.05, 3.63) is 84.2 Å². The number of anilines is 2. The number of hydrogen-bond donors (Lipinski definition) is 3. The minimum absolute atomic E-state index is 0.0104. The molecule has 2 atom stereocenters. The molecule has 1 aromatic heterocycles. The van der Waals surface area contributed by atoms with Gasteiger partial charge in [-0.25, -0.2) is 18.1 Å². The molecule has 40 heavy (non-hydrogen) atoms. The van der Waals surface area contributed by atoms with Gasteiger partial charge in [0.25, 0.3) is 26.0 Å². The predicted molar refractivity (Wildman–Crippen MR) is 138 cm³/mol. The van der Waals surface area contributed by atoms with Gasteiger partial charge in [-0.1, -0.05) is 37.3 Å². The Bertz CT molecular complexity index is 1630. The topological polar surface area (TPSA) is 155 Å². The third kappa shape index (κ3) is 5.93. The molecule has 0 bridgehead atoms. The van der Waals surface area contributed by atoms with Gasteiger partial charge in [-0.2, -0.15) is 26.3 Å². The lowest BCUT2D eigenvalue weighted by molar-refractivity contribution is -0.118. The summed E-state index contributed by atoms with van der Waals surface area (Å²) in [5.74, 6) is -1.57. The lowest BCUT2D eigenvalue weighted by Gasteiger charge is -2.21. The summed E-state index contributed by atoms with van der Waals surface area (Å²) in [6, 6.07) is 11.3. The summed E-state index contributed by atoms with van der Waals surface area (Å²) in [6.45, 7) is 1.58. The molecule has 2 unspecified atom stereocenters. The van der Waals surface area contributed by atoms with E-state index in [0.717, 1.165) is 17.7 Å². The van der Waals surface area contributed by atoms with Crippen LogP contribution in [-0.2, 0) is 31.4 Å². The monoisotopic (exact) mass is 597 g/mol. The smallest absolute Gasteiger partial charge is 0.325 e. The first-order valence-corrected chi connectivity index (χ1v) is 14.5. The second-order valence-electron chi connectivity index (χ2n) is 8.71. The standard InChI is InChI=1S/C24H22F3N5O6S2/c1-15(19-11-12-28-14-20(19)31-40(37,38)29-13-16-5-3-2-4-6-16)21-22(33)32(23(34)30-21)17-7-9-18(10-8-17)39(35,36)24(25,26)27/h2-12,14-15,21,29,31H,13H2,1H3,(H,30,34). The van der Waals surface area contributed by atoms with Gasteiger partial charge < -0.3 is 5.32 Å². The number of aromatic nitrogens is 1. The first-order valence-electron chi connectivity index (χ1n) is 11.5. The largest absolute Gasteiger partial charge is 0.501 e. The first kappa shape index (κ1) is 29.0. The summed E-state index contributed by atoms with van der Waals surface area (Å²) in [6.07, 6.45) is 2.62. The summed E-state index contributed by atoms with van der Waals surface area (Å²) in [7, 11) is -9.68. The van der Waals surface area contributed by atoms with Gasteiger partial charge in [0.1, 0.15) is 6.04 Å². The van der Waals surface area contributed by atoms with Crippen molar-refractivity contribution in [2.45, 2.75) is 35.8 Å². The average Bonchev–Trinajstić information content (AvgIpc) is 3.20. The maximum Gasteiger partial charge on any atom is 0.501 e. The Morgan fingerprint density at radius 2 is 1.65 bits per heavy atom. The maximum atomic E-state index is 13.2. The highest BCUT2D eigenvalue weighted by molar-refractivity contribution is 7.92. The fraction of sp³-hybridized carbons (Fsp3) is 0.208. The number of sulfone groups is 1. The van der Waals surface area contributed by atoms with E-state index in [4.69, 9.17) is 0 Å². The minimum atomic E-state index is -5.62. The van der Waals surface area contributed by atoms with Crippen molar-refractivity contribution in [2.75, 3.05) is 9.62 Å². The number of amides is 3. The highest BCUT2D eigenvalue weighted by atomic mass is 32.2. The van der Waals surface area contributed by atoms with Crippen LogP contribution in [0.3, 0.4) is 0 Å². The van der Waals surface area contributed by atoms with Crippen LogP contribution in [-0.4, -0.2) is 45.3 Å². The number of halogens is 3. The van der Waals surface area contributed by atoms with E-state index in [-0.39, 0.29) is 17.9 Å². The van der Waals surface area contributed by atoms with Gasteiger partial charge in [-0.05, 0) is 41.5 Å². The van der Waals surface area contributed by atoms with E-state index in [1.807, 2.05) is 0 Å². The van der Waals surface area contributed by atoms with Crippen LogP contribution in [0.1, 0.15) is 24.0 Å². The SMILES string of the molecule is CC(c1ccncc1NS(=O)(=O)NCc1ccccc1)C1NC(=O)N(c2ccc(S(=O)(=O)C(F)(F)F)cc2)C1=O. The van der Waals surface area contributed by atoms with Crippen molar-refractivity contribution in [1.29, 1.82) is 0 Å². The number of rotatable bonds is 9. The van der Waals surface area contributed by atoms with E-state index >= 15 is 0 Å². The van der Waals surface area contributed by atoms with Crippen molar-refractivity contribution in [1.82, 2.24) is 15.0 Å². The molecule has 2 aromatic carbocycles. The molecule has 1 aliphatic heterocycles. The Kier molecular flexibility index (Phi) is 7.87. The third-order valence-corrected chi connectivity index (χ3v) is 8.59. The van der Waals surface area contributed by atoms with E-state index in [0.29, 0.717) is 22.6 Å². The van der Waals surface area contributed by atoms with Gasteiger partial charge in [0.05, 0.1) is 22.5 Å². The van der Waals surface area contributed by atoms with Crippen LogP contribution in [0.4, 0.5) is 29.3 Å². The molecule has 11 nitrogen and oxygen atoms in total. The van der Waals surface area contributed by atoms with Crippen LogP contribution in [0, 0.1) is 0 Å². The molecule has 0 aliphatic carbocycles. The number of hydrogen-bond acceptors (Lipinski definition) is 7. The summed E-state index contributed by atoms with van der Waals surface area (Å²) in [4.78, 5) is 29.4. The molecule has 1 aliphatic rings. The van der Waals surface area contributed by atoms with Crippen LogP contribution in [0.5, 0.6) is 0 Å². The molecule has 212 valence electrons. The van der Waals surface area contributed by atoms with Crippen LogP contribution in [0.2, 0.25) is 0 Å². The summed E-state index contributed by atoms with van der Waals surface area (Å²) in [5, 5.41) is 2.48. The predicted octanol–water partition coefficient (Wildman–Crippen LogP) is 3.05. The lowest BCUT2D eigenvalue weighted by Crippen LogP contribution is -2.36. The summed E-state index contributed by atoms with van der Waals surface area (Å²) in [5.41, 5.74) is -4.57. The summed E-state index contributed by atoms with van der Waals surface area (Å²) < 4.78 is 91.9. The number of alkyl halides is 3. The molecule has 4 rings (SSSR count). The number of nitrogens with zero attached hydrogens (tertiary/aromatic N) is 2. The molecule has 0 spiro atoms. The van der Waals surface area contributed by atoms with E-state index in [9.17, 15) is 39.6 Å². The Labute approximate surface area is 227 Å². The van der Waals surface area contributed by atoms with E-state index in [1.165, 1.54) is 18.5 Å². The molecule has 3 N–H and O–H groups in total. The maximum absolute atomic E-state index is 13.2. The van der Waals surface area contributed by atoms with E-state index < -0.39 is 54.3 Å². The molecule has 0 saturated carbocycles. The van der Waals surface area contributed by atoms with Crippen LogP contribution < -0.4 is 19.7 Å². The van der Waals surface area contributed by atoms with Gasteiger partial charge >= 0.3 is 11.5 Å². The molecule has 1 saturated heterocycles. The van der Waals surface area contributed by atoms with Gasteiger partial charge in [-0.3, -0.25) is 14.5 Å². The number of pyridine rings is 1. The molecular weight excluding hydrogens is 575 g/mol. The number of benzene rings is 2. The Hall–Kier alpha value is -4.02. The number of carbonyl (C=O) groups is 2. The highest BCUT2D eigenvalue weighted by Crippen LogP contribution is 2.34. The third-order valence-electron chi connectivity index (χ3n) is 6.08. The minimum Gasteiger partial charge on any atom is -0.325 e. The van der Waals surface area contributed by atoms with Gasteiger partial charge in [0.15, 0.2) is 0 Å². The normalized spacial score (nSPS) is 17.0. The molecule has 1 fully saturated rings.